The summed E-state index contributed by atoms with van der Waals surface area (Å²) in [6.07, 6.45) is -0.0798. The molecule has 0 aliphatic heterocycles. The molecule has 1 heterocycles. The number of fused-ring (bicyclic) bond motifs is 1. The first kappa shape index (κ1) is 13.6. The minimum atomic E-state index is -3.85. The summed E-state index contributed by atoms with van der Waals surface area (Å²) in [6.45, 7) is 1.83. The molecule has 0 fully saturated rings. The van der Waals surface area contributed by atoms with Gasteiger partial charge < -0.3 is 9.67 Å². The fraction of sp³-hybridized carbons (Fsp3) is 0.250. The van der Waals surface area contributed by atoms with Crippen LogP contribution in [-0.4, -0.2) is 24.1 Å². The predicted octanol–water partition coefficient (Wildman–Crippen LogP) is 1.07. The molecule has 0 spiro atoms. The molecule has 3 N–H and O–H groups in total. The molecular weight excluding hydrogens is 268 g/mol. The molecule has 1 aromatic carbocycles. The zero-order valence-corrected chi connectivity index (χ0v) is 11.1. The number of primary sulfonamides is 1. The highest BCUT2D eigenvalue weighted by Crippen LogP contribution is 2.28. The fourth-order valence-corrected chi connectivity index (χ4v) is 3.25. The first-order valence-electron chi connectivity index (χ1n) is 5.65. The average Bonchev–Trinajstić information content (AvgIpc) is 2.57. The summed E-state index contributed by atoms with van der Waals surface area (Å²) in [5.41, 5.74) is 1.13. The number of aryl methyl sites for hydroxylation is 1. The highest BCUT2D eigenvalue weighted by atomic mass is 32.2. The van der Waals surface area contributed by atoms with Gasteiger partial charge in [0, 0.05) is 23.1 Å². The molecule has 7 heteroatoms. The van der Waals surface area contributed by atoms with Crippen LogP contribution >= 0.6 is 0 Å². The van der Waals surface area contributed by atoms with Gasteiger partial charge in [-0.2, -0.15) is 0 Å². The number of nitrogens with two attached hydrogens (primary N) is 1. The van der Waals surface area contributed by atoms with E-state index in [2.05, 4.69) is 0 Å². The zero-order valence-electron chi connectivity index (χ0n) is 10.3. The van der Waals surface area contributed by atoms with E-state index in [9.17, 15) is 13.2 Å². The molecule has 0 saturated carbocycles. The van der Waals surface area contributed by atoms with Crippen LogP contribution in [0, 0.1) is 6.92 Å². The number of rotatable bonds is 4. The molecule has 0 bridgehead atoms. The summed E-state index contributed by atoms with van der Waals surface area (Å²) in [6, 6.07) is 6.90. The molecule has 0 unspecified atom stereocenters. The Labute approximate surface area is 110 Å². The van der Waals surface area contributed by atoms with Crippen LogP contribution in [0.15, 0.2) is 29.2 Å². The highest BCUT2D eigenvalue weighted by Gasteiger charge is 2.21. The van der Waals surface area contributed by atoms with Gasteiger partial charge >= 0.3 is 5.97 Å². The van der Waals surface area contributed by atoms with Crippen molar-refractivity contribution in [2.24, 2.45) is 5.14 Å². The number of carboxylic acids is 1. The summed E-state index contributed by atoms with van der Waals surface area (Å²) < 4.78 is 25.0. The van der Waals surface area contributed by atoms with Gasteiger partial charge in [0.1, 0.15) is 4.90 Å². The van der Waals surface area contributed by atoms with Gasteiger partial charge in [-0.3, -0.25) is 4.79 Å². The van der Waals surface area contributed by atoms with Gasteiger partial charge in [-0.1, -0.05) is 18.2 Å². The van der Waals surface area contributed by atoms with Crippen LogP contribution in [0.3, 0.4) is 0 Å². The van der Waals surface area contributed by atoms with Crippen molar-refractivity contribution in [2.75, 3.05) is 0 Å². The van der Waals surface area contributed by atoms with E-state index in [1.807, 2.05) is 0 Å². The third-order valence-corrected chi connectivity index (χ3v) is 4.09. The predicted molar refractivity (Wildman–Crippen MR) is 70.3 cm³/mol. The van der Waals surface area contributed by atoms with E-state index in [0.29, 0.717) is 16.6 Å². The number of aromatic nitrogens is 1. The lowest BCUT2D eigenvalue weighted by Crippen LogP contribution is -2.14. The minimum absolute atomic E-state index is 0.0634. The molecular formula is C12H14N2O4S. The standard InChI is InChI=1S/C12H14N2O4S/c1-8-12(19(13,17)18)9-4-2-3-5-10(9)14(8)7-6-11(15)16/h2-5H,6-7H2,1H3,(H,15,16)(H2,13,17,18). The van der Waals surface area contributed by atoms with E-state index in [1.54, 1.807) is 35.8 Å². The van der Waals surface area contributed by atoms with Gasteiger partial charge in [-0.25, -0.2) is 13.6 Å². The number of carbonyl (C=O) groups is 1. The van der Waals surface area contributed by atoms with E-state index in [-0.39, 0.29) is 17.9 Å². The number of hydrogen-bond acceptors (Lipinski definition) is 3. The smallest absolute Gasteiger partial charge is 0.305 e. The third-order valence-electron chi connectivity index (χ3n) is 3.01. The molecule has 0 aliphatic carbocycles. The molecule has 2 aromatic rings. The lowest BCUT2D eigenvalue weighted by atomic mass is 10.2. The molecule has 0 amide bonds. The first-order chi connectivity index (χ1) is 8.82. The number of aliphatic carboxylic acids is 1. The third kappa shape index (κ3) is 2.47. The van der Waals surface area contributed by atoms with Gasteiger partial charge in [-0.15, -0.1) is 0 Å². The quantitative estimate of drug-likeness (QED) is 0.875. The number of hydrogen-bond donors (Lipinski definition) is 2. The molecule has 19 heavy (non-hydrogen) atoms. The molecule has 0 radical (unpaired) electrons. The molecule has 6 nitrogen and oxygen atoms in total. The Kier molecular flexibility index (Phi) is 3.34. The maximum atomic E-state index is 11.7. The first-order valence-corrected chi connectivity index (χ1v) is 7.19. The van der Waals surface area contributed by atoms with Crippen molar-refractivity contribution in [1.29, 1.82) is 0 Å². The van der Waals surface area contributed by atoms with Crippen LogP contribution in [-0.2, 0) is 21.4 Å². The van der Waals surface area contributed by atoms with E-state index >= 15 is 0 Å². The molecule has 0 aliphatic rings. The van der Waals surface area contributed by atoms with Crippen LogP contribution in [0.4, 0.5) is 0 Å². The lowest BCUT2D eigenvalue weighted by molar-refractivity contribution is -0.137. The van der Waals surface area contributed by atoms with E-state index in [4.69, 9.17) is 10.2 Å². The van der Waals surface area contributed by atoms with Crippen molar-refractivity contribution in [3.63, 3.8) is 0 Å². The number of benzene rings is 1. The zero-order chi connectivity index (χ0) is 14.2. The van der Waals surface area contributed by atoms with Crippen LogP contribution in [0.25, 0.3) is 10.9 Å². The monoisotopic (exact) mass is 282 g/mol. The normalized spacial score (nSPS) is 11.9. The van der Waals surface area contributed by atoms with E-state index in [0.717, 1.165) is 0 Å². The molecule has 0 saturated heterocycles. The largest absolute Gasteiger partial charge is 0.481 e. The van der Waals surface area contributed by atoms with Crippen molar-refractivity contribution in [3.8, 4) is 0 Å². The number of sulfonamides is 1. The van der Waals surface area contributed by atoms with Crippen LogP contribution in [0.1, 0.15) is 12.1 Å². The Balaban J connectivity index is 2.71. The summed E-state index contributed by atoms with van der Waals surface area (Å²) in [4.78, 5) is 10.7. The maximum absolute atomic E-state index is 11.7. The van der Waals surface area contributed by atoms with Crippen molar-refractivity contribution < 1.29 is 18.3 Å². The number of nitrogens with zero attached hydrogens (tertiary/aromatic N) is 1. The van der Waals surface area contributed by atoms with Crippen LogP contribution in [0.2, 0.25) is 0 Å². The van der Waals surface area contributed by atoms with Crippen LogP contribution < -0.4 is 5.14 Å². The van der Waals surface area contributed by atoms with Gasteiger partial charge in [0.25, 0.3) is 0 Å². The molecule has 102 valence electrons. The van der Waals surface area contributed by atoms with E-state index in [1.165, 1.54) is 0 Å². The summed E-state index contributed by atoms with van der Waals surface area (Å²) >= 11 is 0. The maximum Gasteiger partial charge on any atom is 0.305 e. The van der Waals surface area contributed by atoms with E-state index < -0.39 is 16.0 Å². The summed E-state index contributed by atoms with van der Waals surface area (Å²) in [5, 5.41) is 14.5. The topological polar surface area (TPSA) is 102 Å². The van der Waals surface area contributed by atoms with Gasteiger partial charge in [0.05, 0.1) is 6.42 Å². The summed E-state index contributed by atoms with van der Waals surface area (Å²) in [5.74, 6) is -0.936. The minimum Gasteiger partial charge on any atom is -0.481 e. The Morgan fingerprint density at radius 2 is 2.00 bits per heavy atom. The molecule has 0 atom stereocenters. The Bertz CT molecular complexity index is 746. The number of carboxylic acid groups (broad SMARTS) is 1. The molecule has 1 aromatic heterocycles. The van der Waals surface area contributed by atoms with Gasteiger partial charge in [-0.05, 0) is 13.0 Å². The van der Waals surface area contributed by atoms with Crippen molar-refractivity contribution in [1.82, 2.24) is 4.57 Å². The lowest BCUT2D eigenvalue weighted by Gasteiger charge is -2.06. The Morgan fingerprint density at radius 1 is 1.37 bits per heavy atom. The highest BCUT2D eigenvalue weighted by molar-refractivity contribution is 7.89. The van der Waals surface area contributed by atoms with Crippen molar-refractivity contribution in [2.45, 2.75) is 24.8 Å². The van der Waals surface area contributed by atoms with Crippen molar-refractivity contribution in [3.05, 3.63) is 30.0 Å². The second-order valence-electron chi connectivity index (χ2n) is 4.27. The Morgan fingerprint density at radius 3 is 2.58 bits per heavy atom. The fourth-order valence-electron chi connectivity index (χ4n) is 2.25. The van der Waals surface area contributed by atoms with Crippen LogP contribution in [0.5, 0.6) is 0 Å². The van der Waals surface area contributed by atoms with Gasteiger partial charge in [0.2, 0.25) is 10.0 Å². The summed E-state index contributed by atoms with van der Waals surface area (Å²) in [7, 11) is -3.85. The Hall–Kier alpha value is -1.86. The molecule has 2 rings (SSSR count). The van der Waals surface area contributed by atoms with Crippen molar-refractivity contribution >= 4 is 26.9 Å². The second-order valence-corrected chi connectivity index (χ2v) is 5.77. The average molecular weight is 282 g/mol. The second kappa shape index (κ2) is 4.67. The number of para-hydroxylation sites is 1. The SMILES string of the molecule is Cc1c(S(N)(=O)=O)c2ccccc2n1CCC(=O)O. The van der Waals surface area contributed by atoms with Gasteiger partial charge in [0.15, 0.2) is 0 Å².